The number of hydrogen-bond donors (Lipinski definition) is 1. The van der Waals surface area contributed by atoms with Crippen LogP contribution in [0.1, 0.15) is 18.4 Å². The van der Waals surface area contributed by atoms with Crippen LogP contribution in [-0.4, -0.2) is 31.2 Å². The van der Waals surface area contributed by atoms with Crippen molar-refractivity contribution >= 4 is 17.3 Å². The minimum Gasteiger partial charge on any atom is -0.398 e. The lowest BCUT2D eigenvalue weighted by atomic mass is 10.1. The second-order valence-corrected chi connectivity index (χ2v) is 5.11. The highest BCUT2D eigenvalue weighted by atomic mass is 35.5. The summed E-state index contributed by atoms with van der Waals surface area (Å²) in [6.07, 6.45) is 2.72. The van der Waals surface area contributed by atoms with E-state index in [1.807, 2.05) is 18.2 Å². The molecule has 0 spiro atoms. The number of likely N-dealkylation sites (N-methyl/N-ethyl adjacent to an activating group) is 1. The van der Waals surface area contributed by atoms with Gasteiger partial charge in [0.25, 0.3) is 0 Å². The molecule has 3 nitrogen and oxygen atoms in total. The highest BCUT2D eigenvalue weighted by Crippen LogP contribution is 2.20. The minimum absolute atomic E-state index is 0.375. The fourth-order valence-corrected chi connectivity index (χ4v) is 2.40. The molecule has 0 radical (unpaired) electrons. The Kier molecular flexibility index (Phi) is 4.26. The number of ether oxygens (including phenoxy) is 1. The second kappa shape index (κ2) is 5.71. The maximum absolute atomic E-state index is 5.97. The van der Waals surface area contributed by atoms with Gasteiger partial charge in [-0.1, -0.05) is 11.6 Å². The quantitative estimate of drug-likeness (QED) is 0.840. The molecule has 1 saturated heterocycles. The third kappa shape index (κ3) is 3.60. The lowest BCUT2D eigenvalue weighted by Gasteiger charge is -2.21. The summed E-state index contributed by atoms with van der Waals surface area (Å²) in [7, 11) is 2.09. The molecule has 1 aliphatic heterocycles. The summed E-state index contributed by atoms with van der Waals surface area (Å²) in [4.78, 5) is 2.23. The van der Waals surface area contributed by atoms with Gasteiger partial charge in [0.1, 0.15) is 0 Å². The fourth-order valence-electron chi connectivity index (χ4n) is 2.20. The van der Waals surface area contributed by atoms with Crippen molar-refractivity contribution in [3.8, 4) is 0 Å². The highest BCUT2D eigenvalue weighted by molar-refractivity contribution is 6.30. The predicted octanol–water partition coefficient (Wildman–Crippen LogP) is 2.53. The summed E-state index contributed by atoms with van der Waals surface area (Å²) in [6, 6.07) is 5.61. The number of nitrogens with zero attached hydrogens (tertiary/aromatic N) is 1. The van der Waals surface area contributed by atoms with Crippen LogP contribution in [0.25, 0.3) is 0 Å². The van der Waals surface area contributed by atoms with Gasteiger partial charge in [-0.15, -0.1) is 0 Å². The van der Waals surface area contributed by atoms with Gasteiger partial charge in [-0.25, -0.2) is 0 Å². The maximum atomic E-state index is 5.97. The van der Waals surface area contributed by atoms with E-state index >= 15 is 0 Å². The summed E-state index contributed by atoms with van der Waals surface area (Å²) < 4.78 is 5.62. The van der Waals surface area contributed by atoms with Crippen molar-refractivity contribution in [3.63, 3.8) is 0 Å². The highest BCUT2D eigenvalue weighted by Gasteiger charge is 2.17. The Bertz CT molecular complexity index is 378. The summed E-state index contributed by atoms with van der Waals surface area (Å²) in [5.41, 5.74) is 7.81. The minimum atomic E-state index is 0.375. The van der Waals surface area contributed by atoms with Crippen LogP contribution in [0, 0.1) is 0 Å². The first-order chi connectivity index (χ1) is 8.15. The molecule has 1 heterocycles. The van der Waals surface area contributed by atoms with Crippen molar-refractivity contribution in [2.24, 2.45) is 0 Å². The average molecular weight is 255 g/mol. The number of nitrogens with two attached hydrogens (primary N) is 1. The predicted molar refractivity (Wildman–Crippen MR) is 71.2 cm³/mol. The smallest absolute Gasteiger partial charge is 0.0702 e. The van der Waals surface area contributed by atoms with Crippen LogP contribution >= 0.6 is 11.6 Å². The van der Waals surface area contributed by atoms with Gasteiger partial charge >= 0.3 is 0 Å². The number of benzene rings is 1. The Hall–Kier alpha value is -0.770. The molecule has 0 bridgehead atoms. The van der Waals surface area contributed by atoms with Gasteiger partial charge in [-0.2, -0.15) is 0 Å². The number of rotatable bonds is 4. The molecular formula is C13H19ClN2O. The van der Waals surface area contributed by atoms with Crippen LogP contribution in [0.2, 0.25) is 5.02 Å². The van der Waals surface area contributed by atoms with Gasteiger partial charge in [0.05, 0.1) is 6.10 Å². The molecule has 2 N–H and O–H groups in total. The van der Waals surface area contributed by atoms with Crippen LogP contribution in [0.5, 0.6) is 0 Å². The van der Waals surface area contributed by atoms with Gasteiger partial charge in [-0.05, 0) is 43.7 Å². The topological polar surface area (TPSA) is 38.5 Å². The summed E-state index contributed by atoms with van der Waals surface area (Å²) in [5.74, 6) is 0. The Morgan fingerprint density at radius 1 is 1.53 bits per heavy atom. The van der Waals surface area contributed by atoms with Crippen molar-refractivity contribution in [1.29, 1.82) is 0 Å². The largest absolute Gasteiger partial charge is 0.398 e. The van der Waals surface area contributed by atoms with E-state index in [0.29, 0.717) is 6.10 Å². The summed E-state index contributed by atoms with van der Waals surface area (Å²) in [5, 5.41) is 0.736. The van der Waals surface area contributed by atoms with Crippen LogP contribution in [0.3, 0.4) is 0 Å². The fraction of sp³-hybridized carbons (Fsp3) is 0.538. The van der Waals surface area contributed by atoms with Crippen LogP contribution in [-0.2, 0) is 11.3 Å². The first kappa shape index (κ1) is 12.7. The Morgan fingerprint density at radius 2 is 2.35 bits per heavy atom. The molecule has 4 heteroatoms. The molecular weight excluding hydrogens is 236 g/mol. The molecule has 0 saturated carbocycles. The first-order valence-electron chi connectivity index (χ1n) is 5.99. The van der Waals surface area contributed by atoms with E-state index in [9.17, 15) is 0 Å². The zero-order valence-corrected chi connectivity index (χ0v) is 10.9. The molecule has 94 valence electrons. The van der Waals surface area contributed by atoms with Crippen molar-refractivity contribution in [2.45, 2.75) is 25.5 Å². The van der Waals surface area contributed by atoms with Crippen molar-refractivity contribution < 1.29 is 4.74 Å². The normalized spacial score (nSPS) is 20.1. The van der Waals surface area contributed by atoms with Crippen molar-refractivity contribution in [3.05, 3.63) is 28.8 Å². The van der Waals surface area contributed by atoms with E-state index in [4.69, 9.17) is 22.1 Å². The molecule has 1 fully saturated rings. The van der Waals surface area contributed by atoms with E-state index in [0.717, 1.165) is 42.4 Å². The zero-order chi connectivity index (χ0) is 12.3. The summed E-state index contributed by atoms with van der Waals surface area (Å²) in [6.45, 7) is 2.66. The SMILES string of the molecule is CN(Cc1cc(Cl)ccc1N)CC1CCCO1. The number of hydrogen-bond acceptors (Lipinski definition) is 3. The number of anilines is 1. The van der Waals surface area contributed by atoms with Gasteiger partial charge in [0, 0.05) is 30.4 Å². The molecule has 0 aromatic heterocycles. The van der Waals surface area contributed by atoms with E-state index < -0.39 is 0 Å². The average Bonchev–Trinajstić information content (AvgIpc) is 2.76. The van der Waals surface area contributed by atoms with Gasteiger partial charge < -0.3 is 10.5 Å². The van der Waals surface area contributed by atoms with Gasteiger partial charge in [-0.3, -0.25) is 4.90 Å². The molecule has 1 unspecified atom stereocenters. The molecule has 1 atom stereocenters. The third-order valence-corrected chi connectivity index (χ3v) is 3.32. The molecule has 0 amide bonds. The monoisotopic (exact) mass is 254 g/mol. The molecule has 1 aromatic carbocycles. The van der Waals surface area contributed by atoms with Crippen LogP contribution in [0.15, 0.2) is 18.2 Å². The van der Waals surface area contributed by atoms with E-state index in [1.165, 1.54) is 6.42 Å². The Balaban J connectivity index is 1.92. The molecule has 1 aliphatic rings. The van der Waals surface area contributed by atoms with Crippen LogP contribution in [0.4, 0.5) is 5.69 Å². The Labute approximate surface area is 107 Å². The van der Waals surface area contributed by atoms with Gasteiger partial charge in [0.2, 0.25) is 0 Å². The van der Waals surface area contributed by atoms with Crippen molar-refractivity contribution in [2.75, 3.05) is 25.9 Å². The lowest BCUT2D eigenvalue weighted by Crippen LogP contribution is -2.28. The molecule has 0 aliphatic carbocycles. The number of halogens is 1. The zero-order valence-electron chi connectivity index (χ0n) is 10.2. The Morgan fingerprint density at radius 3 is 3.06 bits per heavy atom. The number of nitrogen functional groups attached to an aromatic ring is 1. The van der Waals surface area contributed by atoms with E-state index in [2.05, 4.69) is 11.9 Å². The maximum Gasteiger partial charge on any atom is 0.0702 e. The molecule has 1 aromatic rings. The van der Waals surface area contributed by atoms with E-state index in [1.54, 1.807) is 0 Å². The third-order valence-electron chi connectivity index (χ3n) is 3.08. The van der Waals surface area contributed by atoms with Crippen molar-refractivity contribution in [1.82, 2.24) is 4.90 Å². The van der Waals surface area contributed by atoms with Crippen LogP contribution < -0.4 is 5.73 Å². The standard InChI is InChI=1S/C13H19ClN2O/c1-16(9-12-3-2-6-17-12)8-10-7-11(14)4-5-13(10)15/h4-5,7,12H,2-3,6,8-9,15H2,1H3. The lowest BCUT2D eigenvalue weighted by molar-refractivity contribution is 0.0794. The molecule has 2 rings (SSSR count). The first-order valence-corrected chi connectivity index (χ1v) is 6.37. The second-order valence-electron chi connectivity index (χ2n) is 4.67. The van der Waals surface area contributed by atoms with Gasteiger partial charge in [0.15, 0.2) is 0 Å². The molecule has 17 heavy (non-hydrogen) atoms. The summed E-state index contributed by atoms with van der Waals surface area (Å²) >= 11 is 5.97. The van der Waals surface area contributed by atoms with E-state index in [-0.39, 0.29) is 0 Å².